The maximum Gasteiger partial charge on any atom is 0.416 e. The topological polar surface area (TPSA) is 70.6 Å². The van der Waals surface area contributed by atoms with Gasteiger partial charge in [0.25, 0.3) is 11.8 Å². The Hall–Kier alpha value is -4.31. The first-order valence-electron chi connectivity index (χ1n) is 13.9. The van der Waals surface area contributed by atoms with Gasteiger partial charge in [-0.3, -0.25) is 14.4 Å². The second kappa shape index (κ2) is 12.5. The van der Waals surface area contributed by atoms with Gasteiger partial charge in [-0.2, -0.15) is 13.2 Å². The average Bonchev–Trinajstić information content (AvgIpc) is 3.53. The minimum absolute atomic E-state index is 0.0782. The largest absolute Gasteiger partial charge is 0.416 e. The van der Waals surface area contributed by atoms with Gasteiger partial charge in [0.05, 0.1) is 16.6 Å². The van der Waals surface area contributed by atoms with Crippen LogP contribution in [0.15, 0.2) is 84.2 Å². The lowest BCUT2D eigenvalue weighted by Crippen LogP contribution is -2.40. The summed E-state index contributed by atoms with van der Waals surface area (Å²) in [6, 6.07) is 19.9. The highest BCUT2D eigenvalue weighted by Crippen LogP contribution is 2.34. The molecular weight excluding hydrogens is 575 g/mol. The first-order chi connectivity index (χ1) is 20.5. The van der Waals surface area contributed by atoms with Gasteiger partial charge in [0.15, 0.2) is 5.78 Å². The first-order valence-corrected chi connectivity index (χ1v) is 14.8. The molecule has 1 fully saturated rings. The van der Waals surface area contributed by atoms with Crippen LogP contribution in [-0.2, 0) is 6.18 Å². The molecule has 10 heteroatoms. The van der Waals surface area contributed by atoms with Gasteiger partial charge in [0, 0.05) is 42.6 Å². The van der Waals surface area contributed by atoms with Crippen molar-refractivity contribution in [1.29, 1.82) is 0 Å². The number of Topliss-reactive ketones (excluding diaryl/α,β-unsaturated/α-hetero) is 1. The Labute approximate surface area is 251 Å². The number of nitrogens with zero attached hydrogens (tertiary/aromatic N) is 3. The lowest BCUT2D eigenvalue weighted by atomic mass is 9.94. The highest BCUT2D eigenvalue weighted by atomic mass is 32.1. The molecule has 4 aromatic rings. The van der Waals surface area contributed by atoms with E-state index in [1.807, 2.05) is 6.07 Å². The molecule has 1 aliphatic rings. The second-order valence-corrected chi connectivity index (χ2v) is 11.5. The Bertz CT molecular complexity index is 1610. The Kier molecular flexibility index (Phi) is 8.77. The van der Waals surface area contributed by atoms with Crippen molar-refractivity contribution in [2.24, 2.45) is 0 Å². The van der Waals surface area contributed by atoms with E-state index in [9.17, 15) is 27.6 Å². The minimum atomic E-state index is -4.43. The SMILES string of the molecule is CC(C(=O)c1ccccc1)N(C)C(=O)c1csc(C2CCN(C(=O)c3ccccc3-c3ccc(C(F)(F)F)cc3)CC2)n1. The van der Waals surface area contributed by atoms with Crippen LogP contribution in [0, 0.1) is 0 Å². The van der Waals surface area contributed by atoms with E-state index in [0.717, 1.165) is 17.1 Å². The molecular formula is C33H30F3N3O3S. The molecule has 0 aliphatic carbocycles. The molecule has 1 aliphatic heterocycles. The van der Waals surface area contributed by atoms with Gasteiger partial charge in [-0.05, 0) is 49.1 Å². The van der Waals surface area contributed by atoms with Gasteiger partial charge in [-0.25, -0.2) is 4.98 Å². The van der Waals surface area contributed by atoms with Crippen LogP contribution in [0.4, 0.5) is 13.2 Å². The summed E-state index contributed by atoms with van der Waals surface area (Å²) in [4.78, 5) is 47.2. The smallest absolute Gasteiger partial charge is 0.339 e. The lowest BCUT2D eigenvalue weighted by Gasteiger charge is -2.31. The number of hydrogen-bond donors (Lipinski definition) is 0. The molecule has 0 N–H and O–H groups in total. The molecule has 2 amide bonds. The molecule has 0 saturated carbocycles. The van der Waals surface area contributed by atoms with Crippen LogP contribution >= 0.6 is 11.3 Å². The fourth-order valence-electron chi connectivity index (χ4n) is 5.21. The van der Waals surface area contributed by atoms with Gasteiger partial charge in [0.1, 0.15) is 5.69 Å². The number of carbonyl (C=O) groups is 3. The van der Waals surface area contributed by atoms with Crippen molar-refractivity contribution >= 4 is 28.9 Å². The predicted molar refractivity (Wildman–Crippen MR) is 159 cm³/mol. The lowest BCUT2D eigenvalue weighted by molar-refractivity contribution is -0.137. The van der Waals surface area contributed by atoms with E-state index < -0.39 is 17.8 Å². The summed E-state index contributed by atoms with van der Waals surface area (Å²) in [5.41, 5.74) is 1.64. The number of likely N-dealkylation sites (tertiary alicyclic amines) is 1. The van der Waals surface area contributed by atoms with E-state index in [1.165, 1.54) is 28.4 Å². The molecule has 1 unspecified atom stereocenters. The van der Waals surface area contributed by atoms with E-state index in [-0.39, 0.29) is 23.5 Å². The number of rotatable bonds is 7. The van der Waals surface area contributed by atoms with Crippen LogP contribution < -0.4 is 0 Å². The molecule has 3 aromatic carbocycles. The van der Waals surface area contributed by atoms with Crippen LogP contribution in [-0.4, -0.2) is 58.6 Å². The van der Waals surface area contributed by atoms with Gasteiger partial charge >= 0.3 is 6.18 Å². The van der Waals surface area contributed by atoms with Gasteiger partial charge in [-0.1, -0.05) is 60.7 Å². The van der Waals surface area contributed by atoms with Crippen LogP contribution in [0.25, 0.3) is 11.1 Å². The summed E-state index contributed by atoms with van der Waals surface area (Å²) in [5, 5.41) is 2.53. The summed E-state index contributed by atoms with van der Waals surface area (Å²) >= 11 is 1.40. The Morgan fingerprint density at radius 2 is 1.56 bits per heavy atom. The van der Waals surface area contributed by atoms with Crippen molar-refractivity contribution in [3.63, 3.8) is 0 Å². The fourth-order valence-corrected chi connectivity index (χ4v) is 6.17. The number of aromatic nitrogens is 1. The van der Waals surface area contributed by atoms with E-state index in [2.05, 4.69) is 4.98 Å². The third kappa shape index (κ3) is 6.54. The molecule has 2 heterocycles. The quantitative estimate of drug-likeness (QED) is 0.209. The van der Waals surface area contributed by atoms with Crippen LogP contribution in [0.2, 0.25) is 0 Å². The number of carbonyl (C=O) groups excluding carboxylic acids is 3. The summed E-state index contributed by atoms with van der Waals surface area (Å²) in [5.74, 6) is -0.576. The highest BCUT2D eigenvalue weighted by Gasteiger charge is 2.32. The zero-order chi connectivity index (χ0) is 30.7. The number of thiazole rings is 1. The summed E-state index contributed by atoms with van der Waals surface area (Å²) in [7, 11) is 1.60. The predicted octanol–water partition coefficient (Wildman–Crippen LogP) is 7.19. The summed E-state index contributed by atoms with van der Waals surface area (Å²) < 4.78 is 39.1. The number of ketones is 1. The standard InChI is InChI=1S/C33H30F3N3O3S/c1-21(29(40)23-8-4-3-5-9-23)38(2)32(42)28-20-43-30(37-28)24-16-18-39(19-17-24)31(41)27-11-7-6-10-26(27)22-12-14-25(15-13-22)33(34,35)36/h3-15,20-21,24H,16-19H2,1-2H3. The number of likely N-dealkylation sites (N-methyl/N-ethyl adjacent to an activating group) is 1. The maximum atomic E-state index is 13.5. The monoisotopic (exact) mass is 605 g/mol. The van der Waals surface area contributed by atoms with Crippen molar-refractivity contribution in [2.45, 2.75) is 37.9 Å². The second-order valence-electron chi connectivity index (χ2n) is 10.6. The van der Waals surface area contributed by atoms with E-state index in [0.29, 0.717) is 53.9 Å². The molecule has 1 aromatic heterocycles. The Balaban J connectivity index is 1.22. The molecule has 5 rings (SSSR count). The van der Waals surface area contributed by atoms with E-state index in [1.54, 1.807) is 72.8 Å². The molecule has 0 bridgehead atoms. The molecule has 43 heavy (non-hydrogen) atoms. The normalized spacial score (nSPS) is 14.8. The highest BCUT2D eigenvalue weighted by molar-refractivity contribution is 7.09. The molecule has 0 radical (unpaired) electrons. The minimum Gasteiger partial charge on any atom is -0.339 e. The molecule has 6 nitrogen and oxygen atoms in total. The zero-order valence-electron chi connectivity index (χ0n) is 23.7. The van der Waals surface area contributed by atoms with Crippen molar-refractivity contribution in [1.82, 2.24) is 14.8 Å². The summed E-state index contributed by atoms with van der Waals surface area (Å²) in [6.07, 6.45) is -3.11. The van der Waals surface area contributed by atoms with Gasteiger partial charge in [0.2, 0.25) is 0 Å². The van der Waals surface area contributed by atoms with Crippen molar-refractivity contribution < 1.29 is 27.6 Å². The van der Waals surface area contributed by atoms with E-state index in [4.69, 9.17) is 0 Å². The zero-order valence-corrected chi connectivity index (χ0v) is 24.5. The van der Waals surface area contributed by atoms with Gasteiger partial charge < -0.3 is 9.80 Å². The van der Waals surface area contributed by atoms with Crippen molar-refractivity contribution in [3.05, 3.63) is 112 Å². The molecule has 1 atom stereocenters. The molecule has 222 valence electrons. The Morgan fingerprint density at radius 3 is 2.21 bits per heavy atom. The number of amides is 2. The maximum absolute atomic E-state index is 13.5. The first kappa shape index (κ1) is 30.2. The van der Waals surface area contributed by atoms with Crippen LogP contribution in [0.5, 0.6) is 0 Å². The summed E-state index contributed by atoms with van der Waals surface area (Å²) in [6.45, 7) is 2.66. The third-order valence-corrected chi connectivity index (χ3v) is 8.90. The average molecular weight is 606 g/mol. The van der Waals surface area contributed by atoms with Crippen molar-refractivity contribution in [3.8, 4) is 11.1 Å². The van der Waals surface area contributed by atoms with Crippen molar-refractivity contribution in [2.75, 3.05) is 20.1 Å². The number of piperidine rings is 1. The number of hydrogen-bond acceptors (Lipinski definition) is 5. The fraction of sp³-hybridized carbons (Fsp3) is 0.273. The van der Waals surface area contributed by atoms with E-state index >= 15 is 0 Å². The third-order valence-electron chi connectivity index (χ3n) is 7.89. The molecule has 1 saturated heterocycles. The number of alkyl halides is 3. The Morgan fingerprint density at radius 1 is 0.930 bits per heavy atom. The number of benzene rings is 3. The van der Waals surface area contributed by atoms with Crippen LogP contribution in [0.1, 0.15) is 67.5 Å². The van der Waals surface area contributed by atoms with Gasteiger partial charge in [-0.15, -0.1) is 11.3 Å². The van der Waals surface area contributed by atoms with Crippen LogP contribution in [0.3, 0.4) is 0 Å². The molecule has 0 spiro atoms. The number of halogens is 3.